The van der Waals surface area contributed by atoms with E-state index in [4.69, 9.17) is 0 Å². The molecule has 0 spiro atoms. The Morgan fingerprint density at radius 2 is 1.92 bits per heavy atom. The molecule has 3 aromatic heterocycles. The number of nitrogens with one attached hydrogen (secondary N) is 1. The molecular formula is C19H16N4OS2. The summed E-state index contributed by atoms with van der Waals surface area (Å²) >= 11 is 3.11. The molecule has 4 aromatic rings. The van der Waals surface area contributed by atoms with E-state index in [-0.39, 0.29) is 5.91 Å². The molecule has 0 unspecified atom stereocenters. The van der Waals surface area contributed by atoms with Crippen LogP contribution in [0.2, 0.25) is 0 Å². The van der Waals surface area contributed by atoms with Gasteiger partial charge >= 0.3 is 0 Å². The second kappa shape index (κ2) is 7.63. The number of aromatic nitrogens is 3. The smallest absolute Gasteiger partial charge is 0.271 e. The van der Waals surface area contributed by atoms with Crippen LogP contribution in [0.4, 0.5) is 0 Å². The molecule has 130 valence electrons. The van der Waals surface area contributed by atoms with Crippen LogP contribution < -0.4 is 5.32 Å². The predicted molar refractivity (Wildman–Crippen MR) is 104 cm³/mol. The van der Waals surface area contributed by atoms with Crippen LogP contribution in [-0.2, 0) is 13.1 Å². The van der Waals surface area contributed by atoms with Crippen molar-refractivity contribution in [3.8, 4) is 9.88 Å². The number of thiophene rings is 1. The summed E-state index contributed by atoms with van der Waals surface area (Å²) in [7, 11) is 0. The maximum Gasteiger partial charge on any atom is 0.271 e. The lowest BCUT2D eigenvalue weighted by molar-refractivity contribution is 0.0946. The van der Waals surface area contributed by atoms with Gasteiger partial charge in [0.25, 0.3) is 5.91 Å². The molecule has 1 aromatic carbocycles. The van der Waals surface area contributed by atoms with Crippen molar-refractivity contribution in [2.75, 3.05) is 0 Å². The van der Waals surface area contributed by atoms with Crippen LogP contribution in [0.25, 0.3) is 9.88 Å². The second-order valence-electron chi connectivity index (χ2n) is 5.72. The van der Waals surface area contributed by atoms with Gasteiger partial charge in [-0.1, -0.05) is 30.3 Å². The van der Waals surface area contributed by atoms with Crippen LogP contribution in [0, 0.1) is 0 Å². The molecule has 4 rings (SSSR count). The summed E-state index contributed by atoms with van der Waals surface area (Å²) in [5.41, 5.74) is 2.69. The number of carbonyl (C=O) groups is 1. The molecule has 3 heterocycles. The maximum atomic E-state index is 12.3. The summed E-state index contributed by atoms with van der Waals surface area (Å²) in [6.45, 7) is 1.22. The Kier molecular flexibility index (Phi) is 4.90. The van der Waals surface area contributed by atoms with Crippen molar-refractivity contribution >= 4 is 28.6 Å². The first-order valence-electron chi connectivity index (χ1n) is 8.11. The van der Waals surface area contributed by atoms with Gasteiger partial charge in [0.1, 0.15) is 10.7 Å². The third-order valence-electron chi connectivity index (χ3n) is 3.85. The van der Waals surface area contributed by atoms with E-state index in [9.17, 15) is 4.79 Å². The van der Waals surface area contributed by atoms with Gasteiger partial charge in [0.2, 0.25) is 0 Å². The zero-order valence-corrected chi connectivity index (χ0v) is 15.5. The van der Waals surface area contributed by atoms with Gasteiger partial charge in [-0.05, 0) is 28.6 Å². The molecule has 1 N–H and O–H groups in total. The topological polar surface area (TPSA) is 59.8 Å². The number of hydrogen-bond acceptors (Lipinski definition) is 5. The first kappa shape index (κ1) is 16.7. The first-order valence-corrected chi connectivity index (χ1v) is 9.87. The molecule has 0 saturated carbocycles. The zero-order chi connectivity index (χ0) is 17.8. The first-order chi connectivity index (χ1) is 12.8. The average Bonchev–Trinajstić information content (AvgIpc) is 3.42. The molecule has 0 fully saturated rings. The van der Waals surface area contributed by atoms with Crippen LogP contribution in [0.3, 0.4) is 0 Å². The fourth-order valence-corrected chi connectivity index (χ4v) is 4.12. The highest BCUT2D eigenvalue weighted by molar-refractivity contribution is 7.20. The lowest BCUT2D eigenvalue weighted by atomic mass is 10.1. The molecule has 0 aliphatic carbocycles. The number of amides is 1. The van der Waals surface area contributed by atoms with E-state index in [0.717, 1.165) is 22.0 Å². The Labute approximate surface area is 159 Å². The Balaban J connectivity index is 1.34. The summed E-state index contributed by atoms with van der Waals surface area (Å²) in [5.74, 6) is -0.148. The molecular weight excluding hydrogens is 364 g/mol. The Bertz CT molecular complexity index is 973. The van der Waals surface area contributed by atoms with Gasteiger partial charge in [0.05, 0.1) is 11.4 Å². The molecule has 0 aliphatic heterocycles. The molecule has 5 nitrogen and oxygen atoms in total. The Morgan fingerprint density at radius 1 is 1.08 bits per heavy atom. The van der Waals surface area contributed by atoms with Gasteiger partial charge < -0.3 is 5.32 Å². The van der Waals surface area contributed by atoms with Gasteiger partial charge in [-0.3, -0.25) is 9.48 Å². The molecule has 0 atom stereocenters. The Morgan fingerprint density at radius 3 is 2.65 bits per heavy atom. The maximum absolute atomic E-state index is 12.3. The summed E-state index contributed by atoms with van der Waals surface area (Å²) in [4.78, 5) is 17.8. The molecule has 7 heteroatoms. The van der Waals surface area contributed by atoms with Gasteiger partial charge in [-0.2, -0.15) is 5.10 Å². The van der Waals surface area contributed by atoms with Crippen molar-refractivity contribution in [1.82, 2.24) is 20.1 Å². The fraction of sp³-hybridized carbons (Fsp3) is 0.105. The van der Waals surface area contributed by atoms with Crippen molar-refractivity contribution < 1.29 is 4.79 Å². The van der Waals surface area contributed by atoms with Gasteiger partial charge in [0.15, 0.2) is 0 Å². The van der Waals surface area contributed by atoms with Crippen molar-refractivity contribution in [3.05, 3.63) is 82.4 Å². The zero-order valence-electron chi connectivity index (χ0n) is 13.8. The molecule has 0 radical (unpaired) electrons. The van der Waals surface area contributed by atoms with Crippen molar-refractivity contribution in [2.24, 2.45) is 0 Å². The van der Waals surface area contributed by atoms with E-state index in [0.29, 0.717) is 12.2 Å². The minimum Gasteiger partial charge on any atom is -0.347 e. The van der Waals surface area contributed by atoms with E-state index in [2.05, 4.69) is 27.5 Å². The number of nitrogens with zero attached hydrogens (tertiary/aromatic N) is 3. The highest BCUT2D eigenvalue weighted by Crippen LogP contribution is 2.27. The number of rotatable bonds is 6. The van der Waals surface area contributed by atoms with Crippen LogP contribution in [0.1, 0.15) is 21.6 Å². The van der Waals surface area contributed by atoms with Crippen LogP contribution in [0.15, 0.2) is 65.6 Å². The molecule has 0 bridgehead atoms. The lowest BCUT2D eigenvalue weighted by Crippen LogP contribution is -2.23. The summed E-state index contributed by atoms with van der Waals surface area (Å²) in [6, 6.07) is 14.1. The minimum absolute atomic E-state index is 0.148. The van der Waals surface area contributed by atoms with Crippen molar-refractivity contribution in [1.29, 1.82) is 0 Å². The third kappa shape index (κ3) is 3.89. The summed E-state index contributed by atoms with van der Waals surface area (Å²) < 4.78 is 1.88. The standard InChI is InChI=1S/C19H16N4OS2/c24-18(16-13-26-19(22-16)17-3-1-10-25-17)20-11-14-4-6-15(7-5-14)12-23-9-2-8-21-23/h1-10,13H,11-12H2,(H,20,24). The van der Waals surface area contributed by atoms with E-state index >= 15 is 0 Å². The number of benzene rings is 1. The van der Waals surface area contributed by atoms with Crippen molar-refractivity contribution in [2.45, 2.75) is 13.1 Å². The van der Waals surface area contributed by atoms with Crippen LogP contribution >= 0.6 is 22.7 Å². The normalized spacial score (nSPS) is 10.8. The molecule has 0 aliphatic rings. The molecule has 26 heavy (non-hydrogen) atoms. The largest absolute Gasteiger partial charge is 0.347 e. The number of carbonyl (C=O) groups excluding carboxylic acids is 1. The fourth-order valence-electron chi connectivity index (χ4n) is 2.51. The quantitative estimate of drug-likeness (QED) is 0.549. The van der Waals surface area contributed by atoms with E-state index < -0.39 is 0 Å². The average molecular weight is 380 g/mol. The van der Waals surface area contributed by atoms with Crippen molar-refractivity contribution in [3.63, 3.8) is 0 Å². The monoisotopic (exact) mass is 380 g/mol. The van der Waals surface area contributed by atoms with E-state index in [1.807, 2.05) is 46.6 Å². The Hall–Kier alpha value is -2.77. The van der Waals surface area contributed by atoms with Gasteiger partial charge in [-0.15, -0.1) is 22.7 Å². The SMILES string of the molecule is O=C(NCc1ccc(Cn2cccn2)cc1)c1csc(-c2cccs2)n1. The predicted octanol–water partition coefficient (Wildman–Crippen LogP) is 4.05. The van der Waals surface area contributed by atoms with Crippen LogP contribution in [0.5, 0.6) is 0 Å². The van der Waals surface area contributed by atoms with Crippen LogP contribution in [-0.4, -0.2) is 20.7 Å². The second-order valence-corrected chi connectivity index (χ2v) is 7.52. The summed E-state index contributed by atoms with van der Waals surface area (Å²) in [6.07, 6.45) is 3.71. The van der Waals surface area contributed by atoms with E-state index in [1.165, 1.54) is 16.9 Å². The minimum atomic E-state index is -0.148. The molecule has 0 saturated heterocycles. The lowest BCUT2D eigenvalue weighted by Gasteiger charge is -2.06. The van der Waals surface area contributed by atoms with Gasteiger partial charge in [0, 0.05) is 24.3 Å². The van der Waals surface area contributed by atoms with Gasteiger partial charge in [-0.25, -0.2) is 4.98 Å². The number of hydrogen-bond donors (Lipinski definition) is 1. The summed E-state index contributed by atoms with van der Waals surface area (Å²) in [5, 5.41) is 11.8. The highest BCUT2D eigenvalue weighted by Gasteiger charge is 2.12. The van der Waals surface area contributed by atoms with E-state index in [1.54, 1.807) is 22.9 Å². The number of thiazole rings is 1. The highest BCUT2D eigenvalue weighted by atomic mass is 32.1. The molecule has 1 amide bonds. The third-order valence-corrected chi connectivity index (χ3v) is 5.73.